The summed E-state index contributed by atoms with van der Waals surface area (Å²) in [6, 6.07) is 4.53. The van der Waals surface area contributed by atoms with Gasteiger partial charge in [0, 0.05) is 17.0 Å². The van der Waals surface area contributed by atoms with Crippen LogP contribution < -0.4 is 4.74 Å². The third kappa shape index (κ3) is 3.06. The highest BCUT2D eigenvalue weighted by atomic mass is 79.9. The molecule has 0 aliphatic heterocycles. The molecular formula is C10H10BrNO3. The topological polar surface area (TPSA) is 52.4 Å². The standard InChI is InChI=1S/C10H10BrNO3/c1-15-10-7-9(12(13)14)5-4-8(10)3-2-6-11/h2-5,7H,6H2,1H3. The van der Waals surface area contributed by atoms with E-state index in [1.807, 2.05) is 12.2 Å². The van der Waals surface area contributed by atoms with E-state index in [-0.39, 0.29) is 5.69 Å². The highest BCUT2D eigenvalue weighted by Gasteiger charge is 2.09. The third-order valence-corrected chi connectivity index (χ3v) is 2.19. The van der Waals surface area contributed by atoms with Crippen LogP contribution in [0.1, 0.15) is 5.56 Å². The number of nitro benzene ring substituents is 1. The molecule has 0 N–H and O–H groups in total. The van der Waals surface area contributed by atoms with E-state index in [9.17, 15) is 10.1 Å². The fourth-order valence-electron chi connectivity index (χ4n) is 1.12. The fraction of sp³-hybridized carbons (Fsp3) is 0.200. The number of halogens is 1. The molecule has 5 heteroatoms. The maximum Gasteiger partial charge on any atom is 0.273 e. The Morgan fingerprint density at radius 2 is 2.33 bits per heavy atom. The predicted octanol–water partition coefficient (Wildman–Crippen LogP) is 3.01. The summed E-state index contributed by atoms with van der Waals surface area (Å²) in [7, 11) is 1.49. The molecule has 1 aromatic rings. The van der Waals surface area contributed by atoms with Crippen LogP contribution in [0, 0.1) is 10.1 Å². The molecule has 15 heavy (non-hydrogen) atoms. The quantitative estimate of drug-likeness (QED) is 0.481. The number of benzene rings is 1. The van der Waals surface area contributed by atoms with E-state index in [0.717, 1.165) is 10.9 Å². The van der Waals surface area contributed by atoms with Crippen molar-refractivity contribution in [2.45, 2.75) is 0 Å². The van der Waals surface area contributed by atoms with Gasteiger partial charge in [0.25, 0.3) is 5.69 Å². The number of non-ortho nitro benzene ring substituents is 1. The van der Waals surface area contributed by atoms with Crippen molar-refractivity contribution in [2.75, 3.05) is 12.4 Å². The molecular weight excluding hydrogens is 262 g/mol. The molecule has 0 fully saturated rings. The molecule has 0 spiro atoms. The van der Waals surface area contributed by atoms with Gasteiger partial charge < -0.3 is 4.74 Å². The van der Waals surface area contributed by atoms with Gasteiger partial charge in [-0.2, -0.15) is 0 Å². The van der Waals surface area contributed by atoms with Gasteiger partial charge in [-0.15, -0.1) is 0 Å². The van der Waals surface area contributed by atoms with Gasteiger partial charge in [0.2, 0.25) is 0 Å². The largest absolute Gasteiger partial charge is 0.496 e. The molecule has 0 atom stereocenters. The first-order valence-electron chi connectivity index (χ1n) is 4.24. The van der Waals surface area contributed by atoms with Crippen molar-refractivity contribution >= 4 is 27.7 Å². The summed E-state index contributed by atoms with van der Waals surface area (Å²) >= 11 is 3.26. The first-order chi connectivity index (χ1) is 7.19. The number of alkyl halides is 1. The maximum atomic E-state index is 10.5. The summed E-state index contributed by atoms with van der Waals surface area (Å²) in [5, 5.41) is 11.2. The summed E-state index contributed by atoms with van der Waals surface area (Å²) in [6.07, 6.45) is 3.74. The molecule has 80 valence electrons. The smallest absolute Gasteiger partial charge is 0.273 e. The molecule has 0 unspecified atom stereocenters. The third-order valence-electron chi connectivity index (χ3n) is 1.81. The SMILES string of the molecule is COc1cc([N+](=O)[O-])ccc1C=CCBr. The lowest BCUT2D eigenvalue weighted by atomic mass is 10.1. The number of rotatable bonds is 4. The molecule has 4 nitrogen and oxygen atoms in total. The monoisotopic (exact) mass is 271 g/mol. The Labute approximate surface area is 95.8 Å². The Hall–Kier alpha value is -1.36. The van der Waals surface area contributed by atoms with Gasteiger partial charge in [0.1, 0.15) is 5.75 Å². The highest BCUT2D eigenvalue weighted by Crippen LogP contribution is 2.25. The van der Waals surface area contributed by atoms with Crippen LogP contribution >= 0.6 is 15.9 Å². The molecule has 1 rings (SSSR count). The Morgan fingerprint density at radius 1 is 1.60 bits per heavy atom. The molecule has 0 bridgehead atoms. The van der Waals surface area contributed by atoms with Gasteiger partial charge in [0.05, 0.1) is 18.1 Å². The number of nitrogens with zero attached hydrogens (tertiary/aromatic N) is 1. The number of nitro groups is 1. The van der Waals surface area contributed by atoms with Crippen molar-refractivity contribution in [3.05, 3.63) is 40.0 Å². The second-order valence-electron chi connectivity index (χ2n) is 2.74. The van der Waals surface area contributed by atoms with Crippen molar-refractivity contribution in [2.24, 2.45) is 0 Å². The van der Waals surface area contributed by atoms with E-state index in [2.05, 4.69) is 15.9 Å². The van der Waals surface area contributed by atoms with Crippen LogP contribution in [0.3, 0.4) is 0 Å². The molecule has 1 aromatic carbocycles. The molecule has 0 saturated carbocycles. The van der Waals surface area contributed by atoms with Crippen LogP contribution in [0.4, 0.5) is 5.69 Å². The average molecular weight is 272 g/mol. The van der Waals surface area contributed by atoms with Crippen LogP contribution in [-0.2, 0) is 0 Å². The lowest BCUT2D eigenvalue weighted by molar-refractivity contribution is -0.384. The van der Waals surface area contributed by atoms with E-state index in [1.54, 1.807) is 6.07 Å². The lowest BCUT2D eigenvalue weighted by Gasteiger charge is -2.03. The van der Waals surface area contributed by atoms with E-state index in [4.69, 9.17) is 4.74 Å². The van der Waals surface area contributed by atoms with E-state index >= 15 is 0 Å². The minimum Gasteiger partial charge on any atom is -0.496 e. The number of hydrogen-bond acceptors (Lipinski definition) is 3. The zero-order chi connectivity index (χ0) is 11.3. The van der Waals surface area contributed by atoms with Crippen LogP contribution in [0.5, 0.6) is 5.75 Å². The van der Waals surface area contributed by atoms with E-state index in [1.165, 1.54) is 19.2 Å². The highest BCUT2D eigenvalue weighted by molar-refractivity contribution is 9.09. The molecule has 0 aliphatic rings. The van der Waals surface area contributed by atoms with Gasteiger partial charge >= 0.3 is 0 Å². The molecule has 0 heterocycles. The van der Waals surface area contributed by atoms with Crippen molar-refractivity contribution in [3.8, 4) is 5.75 Å². The van der Waals surface area contributed by atoms with Crippen LogP contribution in [0.25, 0.3) is 6.08 Å². The van der Waals surface area contributed by atoms with Gasteiger partial charge in [-0.05, 0) is 6.07 Å². The molecule has 0 radical (unpaired) electrons. The first kappa shape index (κ1) is 11.7. The van der Waals surface area contributed by atoms with Crippen LogP contribution in [-0.4, -0.2) is 17.4 Å². The fourth-order valence-corrected chi connectivity index (χ4v) is 1.31. The minimum atomic E-state index is -0.444. The summed E-state index contributed by atoms with van der Waals surface area (Å²) in [5.41, 5.74) is 0.852. The van der Waals surface area contributed by atoms with Gasteiger partial charge in [-0.1, -0.05) is 28.1 Å². The Bertz CT molecular complexity index is 390. The normalized spacial score (nSPS) is 10.5. The number of allylic oxidation sites excluding steroid dienone is 1. The van der Waals surface area contributed by atoms with Crippen molar-refractivity contribution < 1.29 is 9.66 Å². The second-order valence-corrected chi connectivity index (χ2v) is 3.39. The van der Waals surface area contributed by atoms with Gasteiger partial charge in [-0.3, -0.25) is 10.1 Å². The van der Waals surface area contributed by atoms with E-state index < -0.39 is 4.92 Å². The first-order valence-corrected chi connectivity index (χ1v) is 5.36. The van der Waals surface area contributed by atoms with Crippen molar-refractivity contribution in [1.29, 1.82) is 0 Å². The zero-order valence-corrected chi connectivity index (χ0v) is 9.73. The Balaban J connectivity index is 3.09. The molecule has 0 amide bonds. The second kappa shape index (κ2) is 5.50. The van der Waals surface area contributed by atoms with Crippen molar-refractivity contribution in [3.63, 3.8) is 0 Å². The summed E-state index contributed by atoms with van der Waals surface area (Å²) in [5.74, 6) is 0.501. The summed E-state index contributed by atoms with van der Waals surface area (Å²) in [4.78, 5) is 10.1. The van der Waals surface area contributed by atoms with Gasteiger partial charge in [0.15, 0.2) is 0 Å². The lowest BCUT2D eigenvalue weighted by Crippen LogP contribution is -1.91. The van der Waals surface area contributed by atoms with Crippen LogP contribution in [0.15, 0.2) is 24.3 Å². The number of methoxy groups -OCH3 is 1. The Morgan fingerprint density at radius 3 is 2.87 bits per heavy atom. The molecule has 0 aliphatic carbocycles. The molecule has 0 aromatic heterocycles. The molecule has 0 saturated heterocycles. The predicted molar refractivity (Wildman–Crippen MR) is 62.5 cm³/mol. The average Bonchev–Trinajstić information content (AvgIpc) is 2.25. The van der Waals surface area contributed by atoms with E-state index in [0.29, 0.717) is 5.75 Å². The minimum absolute atomic E-state index is 0.0304. The number of hydrogen-bond donors (Lipinski definition) is 0. The summed E-state index contributed by atoms with van der Waals surface area (Å²) < 4.78 is 5.06. The number of ether oxygens (including phenoxy) is 1. The van der Waals surface area contributed by atoms with Gasteiger partial charge in [-0.25, -0.2) is 0 Å². The zero-order valence-electron chi connectivity index (χ0n) is 8.14. The maximum absolute atomic E-state index is 10.5. The van der Waals surface area contributed by atoms with Crippen molar-refractivity contribution in [1.82, 2.24) is 0 Å². The van der Waals surface area contributed by atoms with Crippen LogP contribution in [0.2, 0.25) is 0 Å². The Kier molecular flexibility index (Phi) is 4.30. The summed E-state index contributed by atoms with van der Waals surface area (Å²) in [6.45, 7) is 0.